The van der Waals surface area contributed by atoms with Crippen LogP contribution in [-0.2, 0) is 0 Å². The molecule has 0 aliphatic rings. The van der Waals surface area contributed by atoms with Crippen LogP contribution in [0, 0.1) is 3.57 Å². The monoisotopic (exact) mass is 493 g/mol. The summed E-state index contributed by atoms with van der Waals surface area (Å²) in [6.07, 6.45) is 2.37. The molecule has 28 heavy (non-hydrogen) atoms. The Kier molecular flexibility index (Phi) is 6.18. The van der Waals surface area contributed by atoms with Gasteiger partial charge in [-0.15, -0.1) is 4.68 Å². The lowest BCUT2D eigenvalue weighted by atomic mass is 10.2. The molecule has 146 valence electrons. The van der Waals surface area contributed by atoms with Gasteiger partial charge in [0, 0.05) is 0 Å². The van der Waals surface area contributed by atoms with Crippen LogP contribution in [0.4, 0.5) is 0 Å². The zero-order valence-electron chi connectivity index (χ0n) is 15.7. The minimum Gasteiger partial charge on any atom is -0.493 e. The van der Waals surface area contributed by atoms with Gasteiger partial charge in [-0.1, -0.05) is 19.1 Å². The Morgan fingerprint density at radius 1 is 1.29 bits per heavy atom. The van der Waals surface area contributed by atoms with Crippen LogP contribution in [0.1, 0.15) is 25.8 Å². The first kappa shape index (κ1) is 20.1. The molecule has 3 aromatic rings. The number of H-pyrrole nitrogens is 1. The SMILES string of the molecule is CCC(C)Oc1c(I)cc(C=Nn2c(=O)[nH]c3ccccc3c2=O)cc1OC. The van der Waals surface area contributed by atoms with Gasteiger partial charge in [-0.3, -0.25) is 4.79 Å². The second-order valence-electron chi connectivity index (χ2n) is 6.21. The van der Waals surface area contributed by atoms with Crippen molar-refractivity contribution in [3.63, 3.8) is 0 Å². The molecule has 1 N–H and O–H groups in total. The Bertz CT molecular complexity index is 1150. The molecular weight excluding hydrogens is 473 g/mol. The molecule has 2 aromatic carbocycles. The highest BCUT2D eigenvalue weighted by Crippen LogP contribution is 2.34. The predicted molar refractivity (Wildman–Crippen MR) is 118 cm³/mol. The number of nitrogens with zero attached hydrogens (tertiary/aromatic N) is 2. The zero-order valence-corrected chi connectivity index (χ0v) is 17.9. The van der Waals surface area contributed by atoms with Crippen LogP contribution in [0.3, 0.4) is 0 Å². The van der Waals surface area contributed by atoms with Crippen molar-refractivity contribution < 1.29 is 9.47 Å². The van der Waals surface area contributed by atoms with Crippen LogP contribution < -0.4 is 20.7 Å². The van der Waals surface area contributed by atoms with Gasteiger partial charge in [0.15, 0.2) is 11.5 Å². The molecule has 0 aliphatic heterocycles. The number of para-hydroxylation sites is 1. The van der Waals surface area contributed by atoms with Crippen LogP contribution in [0.5, 0.6) is 11.5 Å². The number of nitrogens with one attached hydrogen (secondary N) is 1. The van der Waals surface area contributed by atoms with Gasteiger partial charge in [-0.25, -0.2) is 4.79 Å². The summed E-state index contributed by atoms with van der Waals surface area (Å²) in [5.74, 6) is 1.23. The molecule has 7 nitrogen and oxygen atoms in total. The molecule has 3 rings (SSSR count). The van der Waals surface area contributed by atoms with Gasteiger partial charge in [-0.05, 0) is 65.8 Å². The van der Waals surface area contributed by atoms with Gasteiger partial charge in [0.1, 0.15) is 0 Å². The lowest BCUT2D eigenvalue weighted by Crippen LogP contribution is -2.32. The van der Waals surface area contributed by atoms with Gasteiger partial charge in [-0.2, -0.15) is 5.10 Å². The first-order valence-corrected chi connectivity index (χ1v) is 9.85. The first-order chi connectivity index (χ1) is 13.4. The zero-order chi connectivity index (χ0) is 20.3. The minimum absolute atomic E-state index is 0.0525. The third-order valence-corrected chi connectivity index (χ3v) is 5.05. The number of hydrogen-bond donors (Lipinski definition) is 1. The summed E-state index contributed by atoms with van der Waals surface area (Å²) in [6.45, 7) is 4.03. The van der Waals surface area contributed by atoms with Crippen molar-refractivity contribution in [1.29, 1.82) is 0 Å². The van der Waals surface area contributed by atoms with Crippen molar-refractivity contribution in [1.82, 2.24) is 9.66 Å². The number of halogens is 1. The van der Waals surface area contributed by atoms with E-state index in [0.717, 1.165) is 14.7 Å². The number of aromatic nitrogens is 2. The Morgan fingerprint density at radius 3 is 2.75 bits per heavy atom. The normalized spacial score (nSPS) is 12.4. The van der Waals surface area contributed by atoms with Crippen LogP contribution >= 0.6 is 22.6 Å². The van der Waals surface area contributed by atoms with Crippen molar-refractivity contribution >= 4 is 39.7 Å². The second-order valence-corrected chi connectivity index (χ2v) is 7.37. The topological polar surface area (TPSA) is 85.7 Å². The number of hydrogen-bond acceptors (Lipinski definition) is 5. The summed E-state index contributed by atoms with van der Waals surface area (Å²) in [7, 11) is 1.56. The largest absolute Gasteiger partial charge is 0.493 e. The molecular formula is C20H20IN3O4. The molecule has 0 fully saturated rings. The molecule has 0 aliphatic carbocycles. The predicted octanol–water partition coefficient (Wildman–Crippen LogP) is 3.36. The summed E-state index contributed by atoms with van der Waals surface area (Å²) in [5, 5.41) is 4.48. The number of ether oxygens (including phenoxy) is 2. The van der Waals surface area contributed by atoms with Crippen molar-refractivity contribution in [2.45, 2.75) is 26.4 Å². The maximum Gasteiger partial charge on any atom is 0.349 e. The standard InChI is InChI=1S/C20H20IN3O4/c1-4-12(2)28-18-15(21)9-13(10-17(18)27-3)11-22-24-19(25)14-7-5-6-8-16(14)23-20(24)26/h5-12H,4H2,1-3H3,(H,23,26). The van der Waals surface area contributed by atoms with E-state index in [1.807, 2.05) is 19.9 Å². The third kappa shape index (κ3) is 4.11. The van der Waals surface area contributed by atoms with Crippen LogP contribution in [-0.4, -0.2) is 29.1 Å². The Labute approximate surface area is 175 Å². The van der Waals surface area contributed by atoms with E-state index in [4.69, 9.17) is 9.47 Å². The van der Waals surface area contributed by atoms with Gasteiger partial charge in [0.25, 0.3) is 5.56 Å². The number of benzene rings is 2. The fourth-order valence-electron chi connectivity index (χ4n) is 2.60. The van der Waals surface area contributed by atoms with Crippen molar-refractivity contribution in [2.24, 2.45) is 5.10 Å². The van der Waals surface area contributed by atoms with Crippen LogP contribution in [0.15, 0.2) is 51.1 Å². The van der Waals surface area contributed by atoms with Gasteiger partial charge < -0.3 is 14.5 Å². The Morgan fingerprint density at radius 2 is 2.04 bits per heavy atom. The van der Waals surface area contributed by atoms with E-state index in [0.29, 0.717) is 28.0 Å². The van der Waals surface area contributed by atoms with Gasteiger partial charge >= 0.3 is 5.69 Å². The number of aromatic amines is 1. The molecule has 1 aromatic heterocycles. The summed E-state index contributed by atoms with van der Waals surface area (Å²) in [4.78, 5) is 27.4. The maximum atomic E-state index is 12.6. The maximum absolute atomic E-state index is 12.6. The molecule has 0 spiro atoms. The second kappa shape index (κ2) is 8.59. The quantitative estimate of drug-likeness (QED) is 0.422. The Balaban J connectivity index is 2.01. The van der Waals surface area contributed by atoms with E-state index in [1.165, 1.54) is 6.21 Å². The average molecular weight is 493 g/mol. The first-order valence-electron chi connectivity index (χ1n) is 8.77. The molecule has 0 bridgehead atoms. The molecule has 1 atom stereocenters. The molecule has 1 unspecified atom stereocenters. The van der Waals surface area contributed by atoms with Crippen molar-refractivity contribution in [3.05, 3.63) is 66.4 Å². The highest BCUT2D eigenvalue weighted by molar-refractivity contribution is 14.1. The highest BCUT2D eigenvalue weighted by atomic mass is 127. The van der Waals surface area contributed by atoms with Gasteiger partial charge in [0.05, 0.1) is 33.9 Å². The molecule has 8 heteroatoms. The summed E-state index contributed by atoms with van der Waals surface area (Å²) in [6, 6.07) is 10.4. The average Bonchev–Trinajstić information content (AvgIpc) is 2.69. The minimum atomic E-state index is -0.599. The summed E-state index contributed by atoms with van der Waals surface area (Å²) in [5.41, 5.74) is 0.0799. The number of methoxy groups -OCH3 is 1. The van der Waals surface area contributed by atoms with Crippen molar-refractivity contribution in [2.75, 3.05) is 7.11 Å². The van der Waals surface area contributed by atoms with Gasteiger partial charge in [0.2, 0.25) is 0 Å². The van der Waals surface area contributed by atoms with Crippen molar-refractivity contribution in [3.8, 4) is 11.5 Å². The highest BCUT2D eigenvalue weighted by Gasteiger charge is 2.14. The lowest BCUT2D eigenvalue weighted by Gasteiger charge is -2.17. The number of fused-ring (bicyclic) bond motifs is 1. The molecule has 0 saturated heterocycles. The van der Waals surface area contributed by atoms with Crippen LogP contribution in [0.25, 0.3) is 10.9 Å². The van der Waals surface area contributed by atoms with E-state index in [-0.39, 0.29) is 6.10 Å². The fourth-order valence-corrected chi connectivity index (χ4v) is 3.35. The van der Waals surface area contributed by atoms with E-state index in [1.54, 1.807) is 37.4 Å². The lowest BCUT2D eigenvalue weighted by molar-refractivity contribution is 0.206. The molecule has 0 amide bonds. The van der Waals surface area contributed by atoms with E-state index < -0.39 is 11.2 Å². The fraction of sp³-hybridized carbons (Fsp3) is 0.250. The van der Waals surface area contributed by atoms with E-state index >= 15 is 0 Å². The smallest absolute Gasteiger partial charge is 0.349 e. The molecule has 0 radical (unpaired) electrons. The van der Waals surface area contributed by atoms with E-state index in [9.17, 15) is 9.59 Å². The Hall–Kier alpha value is -2.62. The molecule has 1 heterocycles. The van der Waals surface area contributed by atoms with Crippen LogP contribution in [0.2, 0.25) is 0 Å². The summed E-state index contributed by atoms with van der Waals surface area (Å²) >= 11 is 2.16. The summed E-state index contributed by atoms with van der Waals surface area (Å²) < 4.78 is 13.0. The third-order valence-electron chi connectivity index (χ3n) is 4.25. The molecule has 0 saturated carbocycles. The van der Waals surface area contributed by atoms with E-state index in [2.05, 4.69) is 32.7 Å². The number of rotatable bonds is 6.